The Bertz CT molecular complexity index is 1140. The number of aryl methyl sites for hydroxylation is 2. The number of aromatic nitrogens is 2. The third-order valence-corrected chi connectivity index (χ3v) is 7.60. The molecule has 0 bridgehead atoms. The molecular formula is C29H35N3O2. The molecule has 3 aliphatic rings. The van der Waals surface area contributed by atoms with Crippen molar-refractivity contribution in [2.45, 2.75) is 58.5 Å². The van der Waals surface area contributed by atoms with Gasteiger partial charge in [0.2, 0.25) is 0 Å². The van der Waals surface area contributed by atoms with Crippen LogP contribution < -0.4 is 0 Å². The number of likely N-dealkylation sites (tertiary alicyclic amines) is 1. The molecule has 2 fully saturated rings. The molecule has 1 aromatic carbocycles. The molecule has 2 aromatic rings. The minimum Gasteiger partial charge on any atom is -0.368 e. The van der Waals surface area contributed by atoms with Crippen LogP contribution in [0.5, 0.6) is 0 Å². The predicted molar refractivity (Wildman–Crippen MR) is 136 cm³/mol. The van der Waals surface area contributed by atoms with Crippen LogP contribution in [0, 0.1) is 19.8 Å². The lowest BCUT2D eigenvalue weighted by molar-refractivity contribution is -0.142. The van der Waals surface area contributed by atoms with Gasteiger partial charge >= 0.3 is 0 Å². The largest absolute Gasteiger partial charge is 0.368 e. The highest BCUT2D eigenvalue weighted by Gasteiger charge is 2.31. The summed E-state index contributed by atoms with van der Waals surface area (Å²) < 4.78 is 7.71. The van der Waals surface area contributed by atoms with E-state index in [1.54, 1.807) is 0 Å². The van der Waals surface area contributed by atoms with E-state index in [4.69, 9.17) is 9.84 Å². The molecule has 0 spiro atoms. The van der Waals surface area contributed by atoms with Crippen molar-refractivity contribution in [1.29, 1.82) is 0 Å². The fraction of sp³-hybridized carbons (Fsp3) is 0.448. The number of allylic oxidation sites excluding steroid dienone is 5. The van der Waals surface area contributed by atoms with Crippen LogP contribution in [0.15, 0.2) is 54.8 Å². The molecule has 4 heterocycles. The van der Waals surface area contributed by atoms with Crippen molar-refractivity contribution in [3.63, 3.8) is 0 Å². The van der Waals surface area contributed by atoms with Gasteiger partial charge in [0.25, 0.3) is 5.91 Å². The van der Waals surface area contributed by atoms with Crippen molar-refractivity contribution in [2.75, 3.05) is 19.7 Å². The topological polar surface area (TPSA) is 47.4 Å². The molecule has 1 atom stereocenters. The molecule has 5 rings (SSSR count). The van der Waals surface area contributed by atoms with Gasteiger partial charge in [-0.25, -0.2) is 4.68 Å². The van der Waals surface area contributed by atoms with Crippen molar-refractivity contribution >= 4 is 17.2 Å². The summed E-state index contributed by atoms with van der Waals surface area (Å²) in [7, 11) is 0. The van der Waals surface area contributed by atoms with E-state index < -0.39 is 0 Å². The van der Waals surface area contributed by atoms with E-state index in [9.17, 15) is 4.79 Å². The van der Waals surface area contributed by atoms with Gasteiger partial charge in [-0.1, -0.05) is 36.9 Å². The Morgan fingerprint density at radius 1 is 1.15 bits per heavy atom. The third kappa shape index (κ3) is 4.54. The van der Waals surface area contributed by atoms with Gasteiger partial charge in [0, 0.05) is 26.1 Å². The standard InChI is InChI=1S/C29H35N3O2/c1-20-7-4-5-8-25(20)24-10-11-26-22(3)19-30-32(26)27(18-24)21(2)17-23-12-14-31(15-13-23)29(33)28-9-6-16-34-28/h4-5,7-8,10,18-19,23,28H,2,6,9,11-17H2,1,3H3. The first-order valence-electron chi connectivity index (χ1n) is 12.6. The van der Waals surface area contributed by atoms with Crippen LogP contribution in [0.25, 0.3) is 11.3 Å². The zero-order valence-electron chi connectivity index (χ0n) is 20.4. The average Bonchev–Trinajstić information content (AvgIpc) is 3.46. The molecule has 0 saturated carbocycles. The Balaban J connectivity index is 1.32. The molecule has 0 N–H and O–H groups in total. The van der Waals surface area contributed by atoms with Crippen LogP contribution in [0.2, 0.25) is 0 Å². The Labute approximate surface area is 202 Å². The van der Waals surface area contributed by atoms with E-state index in [0.717, 1.165) is 69.5 Å². The van der Waals surface area contributed by atoms with Crippen LogP contribution in [-0.2, 0) is 16.0 Å². The molecule has 1 amide bonds. The lowest BCUT2D eigenvalue weighted by Crippen LogP contribution is -2.43. The van der Waals surface area contributed by atoms with Crippen molar-refractivity contribution in [3.05, 3.63) is 77.2 Å². The van der Waals surface area contributed by atoms with Gasteiger partial charge in [0.15, 0.2) is 0 Å². The van der Waals surface area contributed by atoms with Crippen LogP contribution in [0.1, 0.15) is 54.5 Å². The van der Waals surface area contributed by atoms with Gasteiger partial charge in [0.1, 0.15) is 6.10 Å². The maximum absolute atomic E-state index is 12.7. The van der Waals surface area contributed by atoms with Crippen molar-refractivity contribution in [1.82, 2.24) is 14.7 Å². The number of carbonyl (C=O) groups is 1. The highest BCUT2D eigenvalue weighted by molar-refractivity contribution is 5.85. The second-order valence-corrected chi connectivity index (χ2v) is 9.97. The Morgan fingerprint density at radius 2 is 1.94 bits per heavy atom. The molecule has 34 heavy (non-hydrogen) atoms. The number of hydrogen-bond donors (Lipinski definition) is 0. The molecule has 0 radical (unpaired) electrons. The van der Waals surface area contributed by atoms with Crippen molar-refractivity contribution < 1.29 is 9.53 Å². The number of benzene rings is 1. The van der Waals surface area contributed by atoms with Crippen LogP contribution in [0.3, 0.4) is 0 Å². The quantitative estimate of drug-likeness (QED) is 0.609. The number of fused-ring (bicyclic) bond motifs is 1. The average molecular weight is 458 g/mol. The zero-order chi connectivity index (χ0) is 23.7. The second kappa shape index (κ2) is 9.75. The van der Waals surface area contributed by atoms with Crippen LogP contribution in [0.4, 0.5) is 0 Å². The maximum atomic E-state index is 12.7. The molecule has 0 aliphatic carbocycles. The summed E-state index contributed by atoms with van der Waals surface area (Å²) in [5.74, 6) is 0.710. The molecular weight excluding hydrogens is 422 g/mol. The summed E-state index contributed by atoms with van der Waals surface area (Å²) in [6.07, 6.45) is 12.0. The first-order valence-corrected chi connectivity index (χ1v) is 12.6. The van der Waals surface area contributed by atoms with Gasteiger partial charge in [-0.3, -0.25) is 4.79 Å². The lowest BCUT2D eigenvalue weighted by atomic mass is 9.88. The number of hydrogen-bond acceptors (Lipinski definition) is 3. The molecule has 1 aromatic heterocycles. The highest BCUT2D eigenvalue weighted by Crippen LogP contribution is 2.34. The summed E-state index contributed by atoms with van der Waals surface area (Å²) in [6, 6.07) is 8.55. The minimum absolute atomic E-state index is 0.186. The molecule has 5 heteroatoms. The maximum Gasteiger partial charge on any atom is 0.251 e. The normalized spacial score (nSPS) is 21.0. The smallest absolute Gasteiger partial charge is 0.251 e. The summed E-state index contributed by atoms with van der Waals surface area (Å²) in [5, 5.41) is 4.73. The first kappa shape index (κ1) is 22.9. The molecule has 1 unspecified atom stereocenters. The van der Waals surface area contributed by atoms with E-state index in [-0.39, 0.29) is 12.0 Å². The monoisotopic (exact) mass is 457 g/mol. The fourth-order valence-corrected chi connectivity index (χ4v) is 5.51. The zero-order valence-corrected chi connectivity index (χ0v) is 20.4. The van der Waals surface area contributed by atoms with E-state index in [2.05, 4.69) is 61.5 Å². The summed E-state index contributed by atoms with van der Waals surface area (Å²) in [6.45, 7) is 11.2. The van der Waals surface area contributed by atoms with E-state index in [1.165, 1.54) is 28.0 Å². The summed E-state index contributed by atoms with van der Waals surface area (Å²) in [4.78, 5) is 14.7. The van der Waals surface area contributed by atoms with E-state index in [1.807, 2.05) is 11.1 Å². The van der Waals surface area contributed by atoms with E-state index >= 15 is 0 Å². The van der Waals surface area contributed by atoms with Gasteiger partial charge in [-0.2, -0.15) is 5.10 Å². The first-order chi connectivity index (χ1) is 16.5. The number of amides is 1. The number of nitrogens with zero attached hydrogens (tertiary/aromatic N) is 3. The molecule has 2 saturated heterocycles. The molecule has 3 aliphatic heterocycles. The lowest BCUT2D eigenvalue weighted by Gasteiger charge is -2.33. The minimum atomic E-state index is -0.212. The van der Waals surface area contributed by atoms with Gasteiger partial charge in [-0.15, -0.1) is 0 Å². The van der Waals surface area contributed by atoms with E-state index in [0.29, 0.717) is 5.92 Å². The Morgan fingerprint density at radius 3 is 2.68 bits per heavy atom. The number of piperidine rings is 1. The van der Waals surface area contributed by atoms with Crippen molar-refractivity contribution in [3.8, 4) is 0 Å². The Kier molecular flexibility index (Phi) is 6.55. The van der Waals surface area contributed by atoms with Gasteiger partial charge in [0.05, 0.1) is 17.6 Å². The predicted octanol–water partition coefficient (Wildman–Crippen LogP) is 5.34. The number of ether oxygens (including phenoxy) is 1. The summed E-state index contributed by atoms with van der Waals surface area (Å²) in [5.41, 5.74) is 8.42. The number of rotatable bonds is 5. The molecule has 5 nitrogen and oxygen atoms in total. The SMILES string of the molecule is C=C(CC1CCN(C(=O)C2CCCO2)CC1)C1=CC(c2ccccc2C)=CCc2c(C)cnn21. The third-order valence-electron chi connectivity index (χ3n) is 7.60. The van der Waals surface area contributed by atoms with Gasteiger partial charge in [-0.05, 0) is 85.8 Å². The molecule has 178 valence electrons. The highest BCUT2D eigenvalue weighted by atomic mass is 16.5. The van der Waals surface area contributed by atoms with Crippen molar-refractivity contribution in [2.24, 2.45) is 5.92 Å². The summed E-state index contributed by atoms with van der Waals surface area (Å²) >= 11 is 0. The van der Waals surface area contributed by atoms with Gasteiger partial charge < -0.3 is 9.64 Å². The van der Waals surface area contributed by atoms with Crippen LogP contribution >= 0.6 is 0 Å². The fourth-order valence-electron chi connectivity index (χ4n) is 5.51. The Hall–Kier alpha value is -2.92. The van der Waals surface area contributed by atoms with Crippen LogP contribution in [-0.4, -0.2) is 46.4 Å². The number of carbonyl (C=O) groups excluding carboxylic acids is 1. The second-order valence-electron chi connectivity index (χ2n) is 9.97.